The molecule has 0 N–H and O–H groups in total. The third-order valence-electron chi connectivity index (χ3n) is 3.97. The number of unbranched alkanes of at least 4 members (excludes halogenated alkanes) is 5. The maximum atomic E-state index is 5.90. The molecule has 0 aromatic rings. The zero-order valence-corrected chi connectivity index (χ0v) is 15.5. The van der Waals surface area contributed by atoms with Gasteiger partial charge in [0.05, 0.1) is 6.61 Å². The molecule has 4 nitrogen and oxygen atoms in total. The highest BCUT2D eigenvalue weighted by Gasteiger charge is 2.31. The molecule has 1 aliphatic rings. The van der Waals surface area contributed by atoms with Crippen molar-refractivity contribution in [2.75, 3.05) is 39.5 Å². The summed E-state index contributed by atoms with van der Waals surface area (Å²) < 4.78 is 17.5. The monoisotopic (exact) mass is 317 g/mol. The molecule has 0 radical (unpaired) electrons. The van der Waals surface area contributed by atoms with Gasteiger partial charge in [0.15, 0.2) is 0 Å². The van der Waals surface area contributed by atoms with Crippen LogP contribution < -0.4 is 0 Å². The van der Waals surface area contributed by atoms with Crippen molar-refractivity contribution in [3.8, 4) is 0 Å². The maximum Gasteiger partial charge on any atom is 0.352 e. The summed E-state index contributed by atoms with van der Waals surface area (Å²) in [6.45, 7) is 11.9. The lowest BCUT2D eigenvalue weighted by atomic mass is 10.1. The Morgan fingerprint density at radius 2 is 1.67 bits per heavy atom. The smallest absolute Gasteiger partial charge is 0.352 e. The van der Waals surface area contributed by atoms with E-state index in [0.717, 1.165) is 32.9 Å². The zero-order chi connectivity index (χ0) is 15.3. The quantitative estimate of drug-likeness (QED) is 0.409. The molecule has 5 heteroatoms. The molecule has 0 aromatic carbocycles. The summed E-state index contributed by atoms with van der Waals surface area (Å²) in [5.74, 6) is 0. The molecule has 1 unspecified atom stereocenters. The van der Waals surface area contributed by atoms with Crippen LogP contribution in [0.1, 0.15) is 59.3 Å². The van der Waals surface area contributed by atoms with E-state index in [-0.39, 0.29) is 5.73 Å². The standard InChI is InChI=1S/C16H35NO3Si/c1-4-7-8-9-10-11-12-17-13-14-18-16(15-17)21(19-5-2)20-6-3/h16,21H,4-15H2,1-3H3. The summed E-state index contributed by atoms with van der Waals surface area (Å²) >= 11 is 0. The number of hydrogen-bond acceptors (Lipinski definition) is 4. The SMILES string of the molecule is CCCCCCCCN1CCOC([SiH](OCC)OCC)C1. The number of morpholine rings is 1. The van der Waals surface area contributed by atoms with E-state index in [1.54, 1.807) is 0 Å². The number of nitrogens with zero attached hydrogens (tertiary/aromatic N) is 1. The lowest BCUT2D eigenvalue weighted by Gasteiger charge is -2.35. The minimum atomic E-state index is -1.67. The van der Waals surface area contributed by atoms with E-state index in [0.29, 0.717) is 0 Å². The van der Waals surface area contributed by atoms with Crippen LogP contribution in [0.4, 0.5) is 0 Å². The molecule has 0 amide bonds. The maximum absolute atomic E-state index is 5.90. The van der Waals surface area contributed by atoms with Gasteiger partial charge in [-0.2, -0.15) is 0 Å². The van der Waals surface area contributed by atoms with Crippen LogP contribution in [0.25, 0.3) is 0 Å². The van der Waals surface area contributed by atoms with Gasteiger partial charge < -0.3 is 13.6 Å². The summed E-state index contributed by atoms with van der Waals surface area (Å²) in [4.78, 5) is 2.53. The molecule has 1 atom stereocenters. The number of hydrogen-bond donors (Lipinski definition) is 0. The van der Waals surface area contributed by atoms with Gasteiger partial charge in [-0.1, -0.05) is 39.0 Å². The summed E-state index contributed by atoms with van der Waals surface area (Å²) in [5.41, 5.74) is 0.193. The summed E-state index contributed by atoms with van der Waals surface area (Å²) in [6.07, 6.45) is 8.16. The Bertz CT molecular complexity index is 238. The van der Waals surface area contributed by atoms with E-state index in [1.807, 2.05) is 13.8 Å². The minimum absolute atomic E-state index is 0.193. The van der Waals surface area contributed by atoms with Crippen LogP contribution in [0.5, 0.6) is 0 Å². The molecular formula is C16H35NO3Si. The second-order valence-corrected chi connectivity index (χ2v) is 7.90. The third kappa shape index (κ3) is 8.31. The Kier molecular flexibility index (Phi) is 11.4. The van der Waals surface area contributed by atoms with E-state index >= 15 is 0 Å². The van der Waals surface area contributed by atoms with E-state index < -0.39 is 9.28 Å². The lowest BCUT2D eigenvalue weighted by Crippen LogP contribution is -2.52. The molecule has 1 fully saturated rings. The van der Waals surface area contributed by atoms with Crippen LogP contribution in [-0.2, 0) is 13.6 Å². The Morgan fingerprint density at radius 3 is 2.33 bits per heavy atom. The van der Waals surface area contributed by atoms with Crippen molar-refractivity contribution < 1.29 is 13.6 Å². The van der Waals surface area contributed by atoms with Crippen molar-refractivity contribution in [2.45, 2.75) is 65.0 Å². The first-order valence-electron chi connectivity index (χ1n) is 8.88. The third-order valence-corrected chi connectivity index (χ3v) is 6.31. The van der Waals surface area contributed by atoms with Crippen LogP contribution in [0.3, 0.4) is 0 Å². The Balaban J connectivity index is 2.21. The van der Waals surface area contributed by atoms with Crippen molar-refractivity contribution in [3.05, 3.63) is 0 Å². The molecule has 21 heavy (non-hydrogen) atoms. The van der Waals surface area contributed by atoms with Gasteiger partial charge in [-0.15, -0.1) is 0 Å². The molecule has 1 rings (SSSR count). The highest BCUT2D eigenvalue weighted by molar-refractivity contribution is 6.46. The molecule has 0 aliphatic carbocycles. The normalized spacial score (nSPS) is 20.3. The van der Waals surface area contributed by atoms with Gasteiger partial charge in [-0.25, -0.2) is 0 Å². The van der Waals surface area contributed by atoms with Crippen LogP contribution in [-0.4, -0.2) is 59.4 Å². The molecule has 1 heterocycles. The Morgan fingerprint density at radius 1 is 1.00 bits per heavy atom. The van der Waals surface area contributed by atoms with Gasteiger partial charge in [0.2, 0.25) is 0 Å². The first kappa shape index (κ1) is 19.1. The highest BCUT2D eigenvalue weighted by atomic mass is 28.3. The first-order valence-corrected chi connectivity index (χ1v) is 10.5. The molecule has 1 saturated heterocycles. The second kappa shape index (κ2) is 12.6. The van der Waals surface area contributed by atoms with Crippen LogP contribution >= 0.6 is 0 Å². The van der Waals surface area contributed by atoms with Crippen LogP contribution in [0.2, 0.25) is 0 Å². The zero-order valence-electron chi connectivity index (χ0n) is 14.3. The lowest BCUT2D eigenvalue weighted by molar-refractivity contribution is -0.0125. The van der Waals surface area contributed by atoms with Gasteiger partial charge in [0, 0.05) is 26.3 Å². The van der Waals surface area contributed by atoms with E-state index in [2.05, 4.69) is 11.8 Å². The number of rotatable bonds is 12. The van der Waals surface area contributed by atoms with Gasteiger partial charge in [-0.05, 0) is 26.8 Å². The van der Waals surface area contributed by atoms with Gasteiger partial charge >= 0.3 is 9.28 Å². The van der Waals surface area contributed by atoms with Crippen molar-refractivity contribution in [2.24, 2.45) is 0 Å². The van der Waals surface area contributed by atoms with Gasteiger partial charge in [0.1, 0.15) is 5.73 Å². The van der Waals surface area contributed by atoms with Crippen molar-refractivity contribution in [3.63, 3.8) is 0 Å². The predicted molar refractivity (Wildman–Crippen MR) is 90.0 cm³/mol. The molecule has 1 aliphatic heterocycles. The second-order valence-electron chi connectivity index (χ2n) is 5.76. The fourth-order valence-electron chi connectivity index (χ4n) is 2.81. The Hall–Kier alpha value is 0.0569. The van der Waals surface area contributed by atoms with Crippen molar-refractivity contribution in [1.29, 1.82) is 0 Å². The molecule has 0 saturated carbocycles. The molecular weight excluding hydrogens is 282 g/mol. The topological polar surface area (TPSA) is 30.9 Å². The fourth-order valence-corrected chi connectivity index (χ4v) is 4.75. The van der Waals surface area contributed by atoms with Crippen molar-refractivity contribution in [1.82, 2.24) is 4.90 Å². The van der Waals surface area contributed by atoms with E-state index in [9.17, 15) is 0 Å². The molecule has 0 aromatic heterocycles. The van der Waals surface area contributed by atoms with Crippen LogP contribution in [0.15, 0.2) is 0 Å². The minimum Gasteiger partial charge on any atom is -0.395 e. The van der Waals surface area contributed by atoms with Crippen molar-refractivity contribution >= 4 is 9.28 Å². The Labute approximate surface area is 133 Å². The molecule has 126 valence electrons. The molecule has 0 bridgehead atoms. The van der Waals surface area contributed by atoms with Gasteiger partial charge in [-0.3, -0.25) is 4.90 Å². The largest absolute Gasteiger partial charge is 0.395 e. The average molecular weight is 318 g/mol. The summed E-state index contributed by atoms with van der Waals surface area (Å²) in [5, 5.41) is 0. The van der Waals surface area contributed by atoms with Gasteiger partial charge in [0.25, 0.3) is 0 Å². The van der Waals surface area contributed by atoms with E-state index in [1.165, 1.54) is 45.1 Å². The summed E-state index contributed by atoms with van der Waals surface area (Å²) in [7, 11) is -1.67. The molecule has 0 spiro atoms. The van der Waals surface area contributed by atoms with Crippen LogP contribution in [0, 0.1) is 0 Å². The number of ether oxygens (including phenoxy) is 1. The first-order chi connectivity index (χ1) is 10.3. The highest BCUT2D eigenvalue weighted by Crippen LogP contribution is 2.12. The predicted octanol–water partition coefficient (Wildman–Crippen LogP) is 2.88. The fraction of sp³-hybridized carbons (Fsp3) is 1.00. The summed E-state index contributed by atoms with van der Waals surface area (Å²) in [6, 6.07) is 0. The average Bonchev–Trinajstić information content (AvgIpc) is 2.51. The van der Waals surface area contributed by atoms with E-state index in [4.69, 9.17) is 13.6 Å².